The van der Waals surface area contributed by atoms with Gasteiger partial charge in [-0.15, -0.1) is 0 Å². The molecule has 1 aromatic carbocycles. The number of piperidine rings is 1. The largest absolute Gasteiger partial charge is 0.342 e. The van der Waals surface area contributed by atoms with Gasteiger partial charge < -0.3 is 14.7 Å². The zero-order chi connectivity index (χ0) is 16.5. The third-order valence-electron chi connectivity index (χ3n) is 4.76. The van der Waals surface area contributed by atoms with Crippen molar-refractivity contribution in [3.8, 4) is 11.4 Å². The van der Waals surface area contributed by atoms with Gasteiger partial charge in [-0.2, -0.15) is 4.98 Å². The molecule has 1 atom stereocenters. The van der Waals surface area contributed by atoms with Gasteiger partial charge in [-0.25, -0.2) is 4.39 Å². The molecule has 126 valence electrons. The second kappa shape index (κ2) is 6.32. The number of carbonyl (C=O) groups excluding carboxylic acids is 1. The second-order valence-corrected chi connectivity index (χ2v) is 6.44. The quantitative estimate of drug-likeness (QED) is 0.929. The van der Waals surface area contributed by atoms with E-state index in [9.17, 15) is 9.18 Å². The van der Waals surface area contributed by atoms with Crippen molar-refractivity contribution >= 4 is 5.91 Å². The maximum atomic E-state index is 13.0. The van der Waals surface area contributed by atoms with Gasteiger partial charge in [0.25, 0.3) is 0 Å². The van der Waals surface area contributed by atoms with Crippen LogP contribution < -0.4 is 5.32 Å². The summed E-state index contributed by atoms with van der Waals surface area (Å²) in [5.41, 5.74) is 0.718. The smallest absolute Gasteiger partial charge is 0.231 e. The van der Waals surface area contributed by atoms with Crippen LogP contribution in [0.2, 0.25) is 0 Å². The number of aromatic nitrogens is 2. The van der Waals surface area contributed by atoms with Gasteiger partial charge in [0.15, 0.2) is 0 Å². The Morgan fingerprint density at radius 1 is 1.29 bits per heavy atom. The van der Waals surface area contributed by atoms with Crippen molar-refractivity contribution in [1.82, 2.24) is 20.4 Å². The predicted molar refractivity (Wildman–Crippen MR) is 84.6 cm³/mol. The Morgan fingerprint density at radius 2 is 2.08 bits per heavy atom. The molecule has 4 rings (SSSR count). The van der Waals surface area contributed by atoms with Gasteiger partial charge in [0, 0.05) is 31.7 Å². The molecule has 6 nitrogen and oxygen atoms in total. The van der Waals surface area contributed by atoms with Crippen molar-refractivity contribution in [2.24, 2.45) is 5.92 Å². The summed E-state index contributed by atoms with van der Waals surface area (Å²) >= 11 is 0. The maximum absolute atomic E-state index is 13.0. The van der Waals surface area contributed by atoms with Crippen LogP contribution in [0, 0.1) is 11.7 Å². The zero-order valence-corrected chi connectivity index (χ0v) is 13.2. The van der Waals surface area contributed by atoms with Crippen LogP contribution in [0.4, 0.5) is 4.39 Å². The highest BCUT2D eigenvalue weighted by Gasteiger charge is 2.34. The lowest BCUT2D eigenvalue weighted by atomic mass is 9.95. The van der Waals surface area contributed by atoms with Crippen molar-refractivity contribution in [2.45, 2.75) is 18.8 Å². The lowest BCUT2D eigenvalue weighted by Gasteiger charge is -2.36. The Morgan fingerprint density at radius 3 is 2.79 bits per heavy atom. The highest BCUT2D eigenvalue weighted by Crippen LogP contribution is 2.28. The summed E-state index contributed by atoms with van der Waals surface area (Å²) < 4.78 is 18.4. The molecule has 7 heteroatoms. The zero-order valence-electron chi connectivity index (χ0n) is 13.2. The number of hydrogen-bond donors (Lipinski definition) is 1. The van der Waals surface area contributed by atoms with Crippen molar-refractivity contribution in [2.75, 3.05) is 26.2 Å². The molecule has 0 spiro atoms. The monoisotopic (exact) mass is 330 g/mol. The number of carbonyl (C=O) groups is 1. The third-order valence-corrected chi connectivity index (χ3v) is 4.76. The molecule has 2 aromatic rings. The first-order chi connectivity index (χ1) is 11.7. The van der Waals surface area contributed by atoms with Gasteiger partial charge in [0.05, 0.1) is 11.8 Å². The van der Waals surface area contributed by atoms with Gasteiger partial charge in [-0.05, 0) is 37.1 Å². The molecule has 0 radical (unpaired) electrons. The van der Waals surface area contributed by atoms with E-state index >= 15 is 0 Å². The first kappa shape index (κ1) is 15.3. The van der Waals surface area contributed by atoms with Crippen LogP contribution >= 0.6 is 0 Å². The summed E-state index contributed by atoms with van der Waals surface area (Å²) in [4.78, 5) is 18.8. The number of nitrogens with zero attached hydrogens (tertiary/aromatic N) is 3. The van der Waals surface area contributed by atoms with E-state index in [1.807, 2.05) is 4.90 Å². The summed E-state index contributed by atoms with van der Waals surface area (Å²) in [5, 5.41) is 7.14. The van der Waals surface area contributed by atoms with E-state index < -0.39 is 0 Å². The van der Waals surface area contributed by atoms with Crippen LogP contribution in [0.25, 0.3) is 11.4 Å². The molecule has 0 bridgehead atoms. The van der Waals surface area contributed by atoms with E-state index in [0.717, 1.165) is 38.0 Å². The summed E-state index contributed by atoms with van der Waals surface area (Å²) in [6, 6.07) is 6.01. The summed E-state index contributed by atoms with van der Waals surface area (Å²) in [5.74, 6) is 1.11. The van der Waals surface area contributed by atoms with Gasteiger partial charge in [0.2, 0.25) is 17.6 Å². The predicted octanol–water partition coefficient (Wildman–Crippen LogP) is 1.80. The molecule has 0 aliphatic carbocycles. The lowest BCUT2D eigenvalue weighted by molar-refractivity contribution is -0.138. The second-order valence-electron chi connectivity index (χ2n) is 6.44. The van der Waals surface area contributed by atoms with E-state index in [1.165, 1.54) is 12.1 Å². The molecule has 1 aromatic heterocycles. The molecule has 1 amide bonds. The van der Waals surface area contributed by atoms with Crippen molar-refractivity contribution in [3.63, 3.8) is 0 Å². The standard InChI is InChI=1S/C17H19FN4O2/c18-14-5-3-11(4-6-14)15-20-16(24-21-15)12-2-1-7-22(10-12)17(23)13-8-19-9-13/h3-6,12-13,19H,1-2,7-10H2. The van der Waals surface area contributed by atoms with Crippen molar-refractivity contribution in [1.29, 1.82) is 0 Å². The Balaban J connectivity index is 1.47. The Bertz CT molecular complexity index is 726. The minimum atomic E-state index is -0.297. The number of benzene rings is 1. The Kier molecular flexibility index (Phi) is 4.02. The lowest BCUT2D eigenvalue weighted by Crippen LogP contribution is -2.53. The van der Waals surface area contributed by atoms with Crippen LogP contribution in [-0.4, -0.2) is 47.1 Å². The molecule has 2 aliphatic rings. The van der Waals surface area contributed by atoms with Crippen LogP contribution in [0.3, 0.4) is 0 Å². The SMILES string of the molecule is O=C(C1CNC1)N1CCCC(c2nc(-c3ccc(F)cc3)no2)C1. The molecule has 2 fully saturated rings. The number of amides is 1. The molecule has 3 heterocycles. The van der Waals surface area contributed by atoms with Gasteiger partial charge >= 0.3 is 0 Å². The van der Waals surface area contributed by atoms with Crippen molar-refractivity contribution < 1.29 is 13.7 Å². The minimum absolute atomic E-state index is 0.0671. The molecule has 24 heavy (non-hydrogen) atoms. The minimum Gasteiger partial charge on any atom is -0.342 e. The molecule has 1 N–H and O–H groups in total. The number of halogens is 1. The van der Waals surface area contributed by atoms with Crippen LogP contribution in [-0.2, 0) is 4.79 Å². The van der Waals surface area contributed by atoms with Gasteiger partial charge in [0.1, 0.15) is 5.82 Å². The fourth-order valence-electron chi connectivity index (χ4n) is 3.22. The highest BCUT2D eigenvalue weighted by molar-refractivity contribution is 5.80. The first-order valence-corrected chi connectivity index (χ1v) is 8.30. The maximum Gasteiger partial charge on any atom is 0.231 e. The first-order valence-electron chi connectivity index (χ1n) is 8.30. The third kappa shape index (κ3) is 2.91. The molecular formula is C17H19FN4O2. The normalized spacial score (nSPS) is 21.5. The van der Waals surface area contributed by atoms with E-state index in [0.29, 0.717) is 18.3 Å². The molecule has 0 saturated carbocycles. The molecule has 1 unspecified atom stereocenters. The fraction of sp³-hybridized carbons (Fsp3) is 0.471. The topological polar surface area (TPSA) is 71.3 Å². The van der Waals surface area contributed by atoms with E-state index in [-0.39, 0.29) is 23.6 Å². The van der Waals surface area contributed by atoms with Crippen LogP contribution in [0.15, 0.2) is 28.8 Å². The Labute approximate surface area is 139 Å². The number of hydrogen-bond acceptors (Lipinski definition) is 5. The fourth-order valence-corrected chi connectivity index (χ4v) is 3.22. The summed E-state index contributed by atoms with van der Waals surface area (Å²) in [7, 11) is 0. The van der Waals surface area contributed by atoms with Gasteiger partial charge in [-0.1, -0.05) is 5.16 Å². The van der Waals surface area contributed by atoms with Crippen molar-refractivity contribution in [3.05, 3.63) is 36.0 Å². The van der Waals surface area contributed by atoms with Gasteiger partial charge in [-0.3, -0.25) is 4.79 Å². The number of likely N-dealkylation sites (tertiary alicyclic amines) is 1. The average Bonchev–Trinajstić information content (AvgIpc) is 3.04. The van der Waals surface area contributed by atoms with Crippen LogP contribution in [0.5, 0.6) is 0 Å². The summed E-state index contributed by atoms with van der Waals surface area (Å²) in [6.45, 7) is 2.97. The molecule has 2 saturated heterocycles. The number of nitrogens with one attached hydrogen (secondary N) is 1. The highest BCUT2D eigenvalue weighted by atomic mass is 19.1. The summed E-state index contributed by atoms with van der Waals surface area (Å²) in [6.07, 6.45) is 1.86. The van der Waals surface area contributed by atoms with Crippen LogP contribution in [0.1, 0.15) is 24.7 Å². The van der Waals surface area contributed by atoms with E-state index in [2.05, 4.69) is 15.5 Å². The molecule has 2 aliphatic heterocycles. The Hall–Kier alpha value is -2.28. The average molecular weight is 330 g/mol. The molecular weight excluding hydrogens is 311 g/mol. The van der Waals surface area contributed by atoms with E-state index in [1.54, 1.807) is 12.1 Å². The van der Waals surface area contributed by atoms with E-state index in [4.69, 9.17) is 4.52 Å². The number of rotatable bonds is 3.